The van der Waals surface area contributed by atoms with Gasteiger partial charge in [-0.15, -0.1) is 0 Å². The summed E-state index contributed by atoms with van der Waals surface area (Å²) in [5.74, 6) is -0.226. The van der Waals surface area contributed by atoms with E-state index < -0.39 is 0 Å². The number of aromatic amines is 1. The third kappa shape index (κ3) is 1.73. The number of nitrogens with one attached hydrogen (secondary N) is 1. The van der Waals surface area contributed by atoms with E-state index in [1.807, 2.05) is 19.2 Å². The van der Waals surface area contributed by atoms with E-state index in [1.54, 1.807) is 6.07 Å². The monoisotopic (exact) mass is 253 g/mol. The Kier molecular flexibility index (Phi) is 2.42. The van der Waals surface area contributed by atoms with E-state index >= 15 is 0 Å². The minimum absolute atomic E-state index is 0.226. The summed E-state index contributed by atoms with van der Waals surface area (Å²) in [6.07, 6.45) is 1.90. The summed E-state index contributed by atoms with van der Waals surface area (Å²) in [6.45, 7) is 1.99. The van der Waals surface area contributed by atoms with Gasteiger partial charge >= 0.3 is 0 Å². The van der Waals surface area contributed by atoms with E-state index in [4.69, 9.17) is 0 Å². The molecule has 0 amide bonds. The lowest BCUT2D eigenvalue weighted by molar-refractivity contribution is 0.628. The van der Waals surface area contributed by atoms with Crippen LogP contribution in [0.1, 0.15) is 5.56 Å². The first-order valence-electron chi connectivity index (χ1n) is 4.27. The molecule has 1 N–H and O–H groups in total. The molecular formula is C11H9BrFN. The summed E-state index contributed by atoms with van der Waals surface area (Å²) in [4.78, 5) is 3.09. The van der Waals surface area contributed by atoms with E-state index in [-0.39, 0.29) is 5.82 Å². The molecule has 0 saturated carbocycles. The summed E-state index contributed by atoms with van der Waals surface area (Å²) < 4.78 is 13.9. The average Bonchev–Trinajstić information content (AvgIpc) is 2.56. The Balaban J connectivity index is 2.55. The number of hydrogen-bond acceptors (Lipinski definition) is 0. The zero-order chi connectivity index (χ0) is 10.1. The molecule has 0 spiro atoms. The Morgan fingerprint density at radius 1 is 1.29 bits per heavy atom. The van der Waals surface area contributed by atoms with Gasteiger partial charge in [0, 0.05) is 21.9 Å². The van der Waals surface area contributed by atoms with Gasteiger partial charge in [-0.05, 0) is 36.8 Å². The fourth-order valence-corrected chi connectivity index (χ4v) is 1.82. The number of aryl methyl sites for hydroxylation is 1. The van der Waals surface area contributed by atoms with Crippen molar-refractivity contribution in [1.29, 1.82) is 0 Å². The predicted octanol–water partition coefficient (Wildman–Crippen LogP) is 3.89. The standard InChI is InChI=1S/C11H9BrFN/c1-7-4-11(14-6-7)9-5-8(13)2-3-10(9)12/h2-6,14H,1H3. The van der Waals surface area contributed by atoms with E-state index in [1.165, 1.54) is 12.1 Å². The highest BCUT2D eigenvalue weighted by Gasteiger charge is 2.05. The molecule has 72 valence electrons. The van der Waals surface area contributed by atoms with Crippen molar-refractivity contribution >= 4 is 15.9 Å². The number of aromatic nitrogens is 1. The summed E-state index contributed by atoms with van der Waals surface area (Å²) in [5.41, 5.74) is 2.91. The van der Waals surface area contributed by atoms with Gasteiger partial charge in [0.25, 0.3) is 0 Å². The number of halogens is 2. The first-order valence-corrected chi connectivity index (χ1v) is 5.06. The molecule has 1 aromatic heterocycles. The molecule has 1 nitrogen and oxygen atoms in total. The Labute approximate surface area is 90.1 Å². The molecule has 1 heterocycles. The molecule has 14 heavy (non-hydrogen) atoms. The molecule has 0 bridgehead atoms. The first kappa shape index (κ1) is 9.46. The molecule has 0 radical (unpaired) electrons. The molecule has 2 rings (SSSR count). The van der Waals surface area contributed by atoms with Gasteiger partial charge in [0.1, 0.15) is 5.82 Å². The maximum Gasteiger partial charge on any atom is 0.123 e. The minimum Gasteiger partial charge on any atom is -0.361 e. The maximum atomic E-state index is 13.0. The lowest BCUT2D eigenvalue weighted by atomic mass is 10.1. The van der Waals surface area contributed by atoms with E-state index in [0.29, 0.717) is 0 Å². The van der Waals surface area contributed by atoms with Gasteiger partial charge in [-0.3, -0.25) is 0 Å². The van der Waals surface area contributed by atoms with Gasteiger partial charge in [0.05, 0.1) is 0 Å². The van der Waals surface area contributed by atoms with E-state index in [2.05, 4.69) is 20.9 Å². The normalized spacial score (nSPS) is 10.5. The molecule has 1 aromatic carbocycles. The summed E-state index contributed by atoms with van der Waals surface area (Å²) >= 11 is 3.39. The van der Waals surface area contributed by atoms with Crippen LogP contribution in [0.2, 0.25) is 0 Å². The molecule has 0 aliphatic rings. The van der Waals surface area contributed by atoms with Crippen molar-refractivity contribution in [3.8, 4) is 11.3 Å². The number of rotatable bonds is 1. The van der Waals surface area contributed by atoms with Gasteiger partial charge in [-0.25, -0.2) is 4.39 Å². The van der Waals surface area contributed by atoms with Crippen molar-refractivity contribution in [2.45, 2.75) is 6.92 Å². The quantitative estimate of drug-likeness (QED) is 0.794. The average molecular weight is 254 g/mol. The lowest BCUT2D eigenvalue weighted by Crippen LogP contribution is -1.81. The van der Waals surface area contributed by atoms with Gasteiger partial charge in [-0.2, -0.15) is 0 Å². The SMILES string of the molecule is Cc1c[nH]c(-c2cc(F)ccc2Br)c1. The van der Waals surface area contributed by atoms with E-state index in [0.717, 1.165) is 21.3 Å². The van der Waals surface area contributed by atoms with Gasteiger partial charge in [0.2, 0.25) is 0 Å². The van der Waals surface area contributed by atoms with Crippen LogP contribution in [-0.4, -0.2) is 4.98 Å². The van der Waals surface area contributed by atoms with Crippen molar-refractivity contribution in [2.24, 2.45) is 0 Å². The topological polar surface area (TPSA) is 15.8 Å². The fraction of sp³-hybridized carbons (Fsp3) is 0.0909. The van der Waals surface area contributed by atoms with Crippen LogP contribution in [0.3, 0.4) is 0 Å². The second kappa shape index (κ2) is 3.58. The highest BCUT2D eigenvalue weighted by Crippen LogP contribution is 2.28. The highest BCUT2D eigenvalue weighted by atomic mass is 79.9. The van der Waals surface area contributed by atoms with Crippen molar-refractivity contribution in [2.75, 3.05) is 0 Å². The largest absolute Gasteiger partial charge is 0.361 e. The summed E-state index contributed by atoms with van der Waals surface area (Å²) in [6, 6.07) is 6.64. The van der Waals surface area contributed by atoms with Crippen molar-refractivity contribution in [3.05, 3.63) is 46.3 Å². The predicted molar refractivity (Wildman–Crippen MR) is 58.6 cm³/mol. The number of H-pyrrole nitrogens is 1. The van der Waals surface area contributed by atoms with Crippen LogP contribution >= 0.6 is 15.9 Å². The third-order valence-corrected chi connectivity index (χ3v) is 2.74. The fourth-order valence-electron chi connectivity index (χ4n) is 1.36. The second-order valence-electron chi connectivity index (χ2n) is 3.21. The molecule has 2 aromatic rings. The van der Waals surface area contributed by atoms with Crippen LogP contribution in [0.5, 0.6) is 0 Å². The third-order valence-electron chi connectivity index (χ3n) is 2.05. The van der Waals surface area contributed by atoms with E-state index in [9.17, 15) is 4.39 Å². The molecular weight excluding hydrogens is 245 g/mol. The molecule has 0 aliphatic heterocycles. The van der Waals surface area contributed by atoms with Crippen LogP contribution in [0.15, 0.2) is 34.9 Å². The van der Waals surface area contributed by atoms with Crippen molar-refractivity contribution in [3.63, 3.8) is 0 Å². The summed E-state index contributed by atoms with van der Waals surface area (Å²) in [5, 5.41) is 0. The lowest BCUT2D eigenvalue weighted by Gasteiger charge is -2.01. The zero-order valence-corrected chi connectivity index (χ0v) is 9.23. The number of benzene rings is 1. The molecule has 0 aliphatic carbocycles. The van der Waals surface area contributed by atoms with Crippen LogP contribution in [0.25, 0.3) is 11.3 Å². The highest BCUT2D eigenvalue weighted by molar-refractivity contribution is 9.10. The van der Waals surface area contributed by atoms with Crippen LogP contribution in [0.4, 0.5) is 4.39 Å². The van der Waals surface area contributed by atoms with Crippen molar-refractivity contribution in [1.82, 2.24) is 4.98 Å². The van der Waals surface area contributed by atoms with Crippen LogP contribution in [0, 0.1) is 12.7 Å². The zero-order valence-electron chi connectivity index (χ0n) is 7.64. The number of hydrogen-bond donors (Lipinski definition) is 1. The molecule has 0 atom stereocenters. The first-order chi connectivity index (χ1) is 6.66. The summed E-state index contributed by atoms with van der Waals surface area (Å²) in [7, 11) is 0. The smallest absolute Gasteiger partial charge is 0.123 e. The molecule has 0 unspecified atom stereocenters. The molecule has 3 heteroatoms. The Morgan fingerprint density at radius 3 is 2.71 bits per heavy atom. The van der Waals surface area contributed by atoms with Gasteiger partial charge in [-0.1, -0.05) is 15.9 Å². The van der Waals surface area contributed by atoms with Crippen molar-refractivity contribution < 1.29 is 4.39 Å². The van der Waals surface area contributed by atoms with Crippen LogP contribution < -0.4 is 0 Å². The Bertz CT molecular complexity index is 462. The van der Waals surface area contributed by atoms with Crippen LogP contribution in [-0.2, 0) is 0 Å². The maximum absolute atomic E-state index is 13.0. The second-order valence-corrected chi connectivity index (χ2v) is 4.07. The molecule has 0 saturated heterocycles. The van der Waals surface area contributed by atoms with Gasteiger partial charge in [0.15, 0.2) is 0 Å². The Morgan fingerprint density at radius 2 is 2.07 bits per heavy atom. The minimum atomic E-state index is -0.226. The molecule has 0 fully saturated rings. The van der Waals surface area contributed by atoms with Gasteiger partial charge < -0.3 is 4.98 Å². The Hall–Kier alpha value is -1.09.